The third-order valence-corrected chi connectivity index (χ3v) is 4.90. The summed E-state index contributed by atoms with van der Waals surface area (Å²) in [5, 5.41) is 9.60. The number of benzene rings is 1. The summed E-state index contributed by atoms with van der Waals surface area (Å²) in [5.41, 5.74) is 1.87. The number of piperidine rings is 1. The molecule has 0 aliphatic carbocycles. The second-order valence-corrected chi connectivity index (χ2v) is 6.40. The lowest BCUT2D eigenvalue weighted by Crippen LogP contribution is -2.48. The molecule has 0 spiro atoms. The van der Waals surface area contributed by atoms with Crippen molar-refractivity contribution in [1.82, 2.24) is 4.90 Å². The topological polar surface area (TPSA) is 53.0 Å². The van der Waals surface area contributed by atoms with Crippen molar-refractivity contribution in [3.05, 3.63) is 29.8 Å². The van der Waals surface area contributed by atoms with Crippen molar-refractivity contribution in [2.24, 2.45) is 0 Å². The monoisotopic (exact) mass is 318 g/mol. The summed E-state index contributed by atoms with van der Waals surface area (Å²) in [6.07, 6.45) is 2.37. The normalized spacial score (nSPS) is 23.1. The van der Waals surface area contributed by atoms with Crippen LogP contribution in [0.4, 0.5) is 5.69 Å². The van der Waals surface area contributed by atoms with E-state index in [4.69, 9.17) is 4.74 Å². The average molecular weight is 318 g/mol. The van der Waals surface area contributed by atoms with Gasteiger partial charge in [-0.05, 0) is 43.5 Å². The zero-order chi connectivity index (χ0) is 16.2. The third-order valence-electron chi connectivity index (χ3n) is 4.90. The summed E-state index contributed by atoms with van der Waals surface area (Å²) in [6, 6.07) is 8.06. The van der Waals surface area contributed by atoms with E-state index in [1.807, 2.05) is 29.2 Å². The number of hydrogen-bond donors (Lipinski definition) is 1. The second kappa shape index (κ2) is 7.32. The number of carbonyl (C=O) groups excluding carboxylic acids is 1. The van der Waals surface area contributed by atoms with Crippen LogP contribution in [0.2, 0.25) is 0 Å². The molecule has 2 aliphatic heterocycles. The molecule has 0 aromatic heterocycles. The van der Waals surface area contributed by atoms with Crippen LogP contribution in [0.5, 0.6) is 0 Å². The fourth-order valence-corrected chi connectivity index (χ4v) is 3.37. The van der Waals surface area contributed by atoms with Crippen molar-refractivity contribution < 1.29 is 14.6 Å². The molecule has 23 heavy (non-hydrogen) atoms. The van der Waals surface area contributed by atoms with E-state index < -0.39 is 0 Å². The molecule has 1 N–H and O–H groups in total. The molecule has 1 aromatic carbocycles. The first-order valence-electron chi connectivity index (χ1n) is 8.61. The third kappa shape index (κ3) is 3.67. The summed E-state index contributed by atoms with van der Waals surface area (Å²) in [4.78, 5) is 16.9. The van der Waals surface area contributed by atoms with Crippen LogP contribution in [-0.4, -0.2) is 60.9 Å². The van der Waals surface area contributed by atoms with Gasteiger partial charge in [0, 0.05) is 30.9 Å². The van der Waals surface area contributed by atoms with Crippen LogP contribution in [0.15, 0.2) is 24.3 Å². The van der Waals surface area contributed by atoms with Crippen molar-refractivity contribution in [1.29, 1.82) is 0 Å². The maximum atomic E-state index is 12.7. The van der Waals surface area contributed by atoms with Crippen LogP contribution in [0.1, 0.15) is 36.5 Å². The maximum absolute atomic E-state index is 12.7. The molecular weight excluding hydrogens is 292 g/mol. The zero-order valence-electron chi connectivity index (χ0n) is 13.8. The number of morpholine rings is 1. The Morgan fingerprint density at radius 2 is 1.91 bits per heavy atom. The second-order valence-electron chi connectivity index (χ2n) is 6.40. The van der Waals surface area contributed by atoms with Crippen molar-refractivity contribution in [3.63, 3.8) is 0 Å². The number of aliphatic hydroxyl groups is 1. The Hall–Kier alpha value is -1.59. The van der Waals surface area contributed by atoms with Crippen molar-refractivity contribution in [3.8, 4) is 0 Å². The molecule has 1 atom stereocenters. The summed E-state index contributed by atoms with van der Waals surface area (Å²) in [6.45, 7) is 5.76. The molecule has 1 unspecified atom stereocenters. The van der Waals surface area contributed by atoms with E-state index in [2.05, 4.69) is 11.8 Å². The Morgan fingerprint density at radius 3 is 2.57 bits per heavy atom. The minimum atomic E-state index is -0.167. The van der Waals surface area contributed by atoms with Gasteiger partial charge in [0.15, 0.2) is 0 Å². The standard InChI is InChI=1S/C18H26N2O3/c1-2-15-13-23-12-11-20(15)18(22)14-3-5-16(6-4-14)19-9-7-17(21)8-10-19/h3-6,15,17,21H,2,7-13H2,1H3. The lowest BCUT2D eigenvalue weighted by atomic mass is 10.1. The molecular formula is C18H26N2O3. The van der Waals surface area contributed by atoms with Crippen LogP contribution in [-0.2, 0) is 4.74 Å². The van der Waals surface area contributed by atoms with Crippen LogP contribution >= 0.6 is 0 Å². The van der Waals surface area contributed by atoms with Gasteiger partial charge in [0.1, 0.15) is 0 Å². The SMILES string of the molecule is CCC1COCCN1C(=O)c1ccc(N2CCC(O)CC2)cc1. The smallest absolute Gasteiger partial charge is 0.254 e. The van der Waals surface area contributed by atoms with Gasteiger partial charge in [-0.25, -0.2) is 0 Å². The first-order valence-corrected chi connectivity index (χ1v) is 8.61. The number of carbonyl (C=O) groups is 1. The molecule has 1 amide bonds. The quantitative estimate of drug-likeness (QED) is 0.925. The summed E-state index contributed by atoms with van der Waals surface area (Å²) in [7, 11) is 0. The van der Waals surface area contributed by atoms with Gasteiger partial charge in [-0.2, -0.15) is 0 Å². The number of nitrogens with zero attached hydrogens (tertiary/aromatic N) is 2. The van der Waals surface area contributed by atoms with E-state index in [9.17, 15) is 9.90 Å². The minimum Gasteiger partial charge on any atom is -0.393 e. The van der Waals surface area contributed by atoms with Gasteiger partial charge < -0.3 is 19.6 Å². The van der Waals surface area contributed by atoms with E-state index in [1.165, 1.54) is 0 Å². The molecule has 5 heteroatoms. The fraction of sp³-hybridized carbons (Fsp3) is 0.611. The van der Waals surface area contributed by atoms with E-state index in [1.54, 1.807) is 0 Å². The predicted octanol–water partition coefficient (Wildman–Crippen LogP) is 1.90. The molecule has 126 valence electrons. The first kappa shape index (κ1) is 16.3. The van der Waals surface area contributed by atoms with Crippen molar-refractivity contribution in [2.45, 2.75) is 38.3 Å². The lowest BCUT2D eigenvalue weighted by Gasteiger charge is -2.35. The van der Waals surface area contributed by atoms with Gasteiger partial charge in [0.05, 0.1) is 25.4 Å². The Bertz CT molecular complexity index is 524. The van der Waals surface area contributed by atoms with E-state index in [-0.39, 0.29) is 18.1 Å². The minimum absolute atomic E-state index is 0.0979. The van der Waals surface area contributed by atoms with Gasteiger partial charge in [-0.1, -0.05) is 6.92 Å². The van der Waals surface area contributed by atoms with E-state index in [0.717, 1.165) is 43.6 Å². The number of ether oxygens (including phenoxy) is 1. The highest BCUT2D eigenvalue weighted by molar-refractivity contribution is 5.94. The van der Waals surface area contributed by atoms with Crippen LogP contribution in [0.3, 0.4) is 0 Å². The number of rotatable bonds is 3. The first-order chi connectivity index (χ1) is 11.2. The summed E-state index contributed by atoms with van der Waals surface area (Å²) < 4.78 is 5.48. The highest BCUT2D eigenvalue weighted by Crippen LogP contribution is 2.22. The zero-order valence-corrected chi connectivity index (χ0v) is 13.8. The maximum Gasteiger partial charge on any atom is 0.254 e. The Labute approximate surface area is 137 Å². The molecule has 0 bridgehead atoms. The van der Waals surface area contributed by atoms with Gasteiger partial charge >= 0.3 is 0 Å². The van der Waals surface area contributed by atoms with Crippen LogP contribution in [0, 0.1) is 0 Å². The molecule has 0 radical (unpaired) electrons. The Morgan fingerprint density at radius 1 is 1.22 bits per heavy atom. The molecule has 0 saturated carbocycles. The molecule has 2 saturated heterocycles. The molecule has 2 heterocycles. The Kier molecular flexibility index (Phi) is 5.18. The van der Waals surface area contributed by atoms with Gasteiger partial charge in [-0.3, -0.25) is 4.79 Å². The fourth-order valence-electron chi connectivity index (χ4n) is 3.37. The lowest BCUT2D eigenvalue weighted by molar-refractivity contribution is -0.00279. The predicted molar refractivity (Wildman–Crippen MR) is 89.8 cm³/mol. The van der Waals surface area contributed by atoms with Crippen molar-refractivity contribution in [2.75, 3.05) is 37.7 Å². The average Bonchev–Trinajstić information content (AvgIpc) is 2.62. The molecule has 2 aliphatic rings. The van der Waals surface area contributed by atoms with Crippen LogP contribution < -0.4 is 4.90 Å². The van der Waals surface area contributed by atoms with Gasteiger partial charge in [0.25, 0.3) is 5.91 Å². The largest absolute Gasteiger partial charge is 0.393 e. The molecule has 1 aromatic rings. The molecule has 5 nitrogen and oxygen atoms in total. The number of hydrogen-bond acceptors (Lipinski definition) is 4. The summed E-state index contributed by atoms with van der Waals surface area (Å²) in [5.74, 6) is 0.0979. The van der Waals surface area contributed by atoms with Gasteiger partial charge in [0.2, 0.25) is 0 Å². The van der Waals surface area contributed by atoms with E-state index in [0.29, 0.717) is 19.8 Å². The molecule has 3 rings (SSSR count). The van der Waals surface area contributed by atoms with Crippen molar-refractivity contribution >= 4 is 11.6 Å². The number of anilines is 1. The number of amides is 1. The van der Waals surface area contributed by atoms with E-state index >= 15 is 0 Å². The van der Waals surface area contributed by atoms with Gasteiger partial charge in [-0.15, -0.1) is 0 Å². The summed E-state index contributed by atoms with van der Waals surface area (Å²) >= 11 is 0. The number of aliphatic hydroxyl groups excluding tert-OH is 1. The highest BCUT2D eigenvalue weighted by Gasteiger charge is 2.27. The molecule has 2 fully saturated rings. The van der Waals surface area contributed by atoms with Crippen LogP contribution in [0.25, 0.3) is 0 Å². The highest BCUT2D eigenvalue weighted by atomic mass is 16.5. The Balaban J connectivity index is 1.67.